The van der Waals surface area contributed by atoms with E-state index in [1.54, 1.807) is 11.9 Å². The lowest BCUT2D eigenvalue weighted by molar-refractivity contribution is -0.141. The van der Waals surface area contributed by atoms with Crippen molar-refractivity contribution >= 4 is 17.6 Å². The van der Waals surface area contributed by atoms with Crippen LogP contribution in [0.25, 0.3) is 0 Å². The number of rotatable bonds is 7. The standard InChI is InChI=1S/C14H21N3O3/c1-17(7-6-14(19)20-2)10-13(18)16-12-5-3-4-11(8-12)9-15/h3-5,8H,6-7,9-10,15H2,1-2H3,(H,16,18). The summed E-state index contributed by atoms with van der Waals surface area (Å²) in [4.78, 5) is 24.6. The number of methoxy groups -OCH3 is 1. The van der Waals surface area contributed by atoms with Crippen LogP contribution in [-0.4, -0.2) is 44.0 Å². The lowest BCUT2D eigenvalue weighted by Gasteiger charge is -2.15. The van der Waals surface area contributed by atoms with E-state index in [2.05, 4.69) is 10.1 Å². The number of amides is 1. The molecule has 1 aromatic rings. The monoisotopic (exact) mass is 279 g/mol. The lowest BCUT2D eigenvalue weighted by atomic mass is 10.2. The predicted octanol–water partition coefficient (Wildman–Crippen LogP) is 0.579. The molecule has 0 radical (unpaired) electrons. The van der Waals surface area contributed by atoms with E-state index >= 15 is 0 Å². The minimum atomic E-state index is -0.284. The molecule has 1 rings (SSSR count). The van der Waals surface area contributed by atoms with Crippen molar-refractivity contribution in [2.75, 3.05) is 32.6 Å². The van der Waals surface area contributed by atoms with Crippen molar-refractivity contribution in [1.29, 1.82) is 0 Å². The zero-order valence-electron chi connectivity index (χ0n) is 11.9. The SMILES string of the molecule is COC(=O)CCN(C)CC(=O)Nc1cccc(CN)c1. The van der Waals surface area contributed by atoms with Gasteiger partial charge in [0.1, 0.15) is 0 Å². The number of esters is 1. The van der Waals surface area contributed by atoms with E-state index in [-0.39, 0.29) is 24.8 Å². The molecule has 3 N–H and O–H groups in total. The summed E-state index contributed by atoms with van der Waals surface area (Å²) >= 11 is 0. The number of likely N-dealkylation sites (N-methyl/N-ethyl adjacent to an activating group) is 1. The summed E-state index contributed by atoms with van der Waals surface area (Å²) in [5, 5.41) is 2.80. The molecule has 1 amide bonds. The predicted molar refractivity (Wildman–Crippen MR) is 77.1 cm³/mol. The third-order valence-electron chi connectivity index (χ3n) is 2.79. The second kappa shape index (κ2) is 8.29. The van der Waals surface area contributed by atoms with E-state index in [1.165, 1.54) is 7.11 Å². The highest BCUT2D eigenvalue weighted by Gasteiger charge is 2.09. The van der Waals surface area contributed by atoms with Crippen molar-refractivity contribution in [3.8, 4) is 0 Å². The number of carbonyl (C=O) groups excluding carboxylic acids is 2. The van der Waals surface area contributed by atoms with Crippen molar-refractivity contribution in [1.82, 2.24) is 4.90 Å². The van der Waals surface area contributed by atoms with Crippen molar-refractivity contribution in [2.45, 2.75) is 13.0 Å². The van der Waals surface area contributed by atoms with Crippen LogP contribution >= 0.6 is 0 Å². The molecule has 6 nitrogen and oxygen atoms in total. The summed E-state index contributed by atoms with van der Waals surface area (Å²) in [6.45, 7) is 1.12. The molecule has 0 fully saturated rings. The van der Waals surface area contributed by atoms with Crippen LogP contribution in [0.15, 0.2) is 24.3 Å². The Kier molecular flexibility index (Phi) is 6.69. The van der Waals surface area contributed by atoms with Gasteiger partial charge in [-0.2, -0.15) is 0 Å². The van der Waals surface area contributed by atoms with E-state index in [9.17, 15) is 9.59 Å². The molecule has 0 aliphatic carbocycles. The molecule has 110 valence electrons. The molecule has 20 heavy (non-hydrogen) atoms. The van der Waals surface area contributed by atoms with Gasteiger partial charge in [-0.05, 0) is 24.7 Å². The molecule has 0 heterocycles. The van der Waals surface area contributed by atoms with Gasteiger partial charge in [0.05, 0.1) is 20.1 Å². The Morgan fingerprint density at radius 2 is 2.15 bits per heavy atom. The highest BCUT2D eigenvalue weighted by Crippen LogP contribution is 2.09. The van der Waals surface area contributed by atoms with E-state index in [1.807, 2.05) is 24.3 Å². The number of hydrogen-bond donors (Lipinski definition) is 2. The number of carbonyl (C=O) groups is 2. The van der Waals surface area contributed by atoms with Crippen LogP contribution in [0.1, 0.15) is 12.0 Å². The number of nitrogens with two attached hydrogens (primary N) is 1. The highest BCUT2D eigenvalue weighted by atomic mass is 16.5. The van der Waals surface area contributed by atoms with E-state index in [4.69, 9.17) is 5.73 Å². The third-order valence-corrected chi connectivity index (χ3v) is 2.79. The van der Waals surface area contributed by atoms with Crippen molar-refractivity contribution in [3.05, 3.63) is 29.8 Å². The van der Waals surface area contributed by atoms with Gasteiger partial charge in [-0.15, -0.1) is 0 Å². The lowest BCUT2D eigenvalue weighted by Crippen LogP contribution is -2.31. The summed E-state index contributed by atoms with van der Waals surface area (Å²) in [6, 6.07) is 7.40. The van der Waals surface area contributed by atoms with Crippen molar-refractivity contribution in [3.63, 3.8) is 0 Å². The Morgan fingerprint density at radius 1 is 1.40 bits per heavy atom. The van der Waals surface area contributed by atoms with Crippen molar-refractivity contribution in [2.24, 2.45) is 5.73 Å². The van der Waals surface area contributed by atoms with Crippen LogP contribution in [0, 0.1) is 0 Å². The fourth-order valence-corrected chi connectivity index (χ4v) is 1.68. The number of nitrogens with one attached hydrogen (secondary N) is 1. The average molecular weight is 279 g/mol. The summed E-state index contributed by atoms with van der Waals surface area (Å²) in [5.74, 6) is -0.417. The Morgan fingerprint density at radius 3 is 2.80 bits per heavy atom. The smallest absolute Gasteiger partial charge is 0.306 e. The molecule has 0 aliphatic rings. The molecule has 0 aliphatic heterocycles. The van der Waals surface area contributed by atoms with Gasteiger partial charge in [-0.3, -0.25) is 14.5 Å². The largest absolute Gasteiger partial charge is 0.469 e. The van der Waals surface area contributed by atoms with Crippen molar-refractivity contribution < 1.29 is 14.3 Å². The minimum Gasteiger partial charge on any atom is -0.469 e. The first-order valence-corrected chi connectivity index (χ1v) is 6.39. The average Bonchev–Trinajstić information content (AvgIpc) is 2.44. The van der Waals surface area contributed by atoms with Crippen LogP contribution in [0.4, 0.5) is 5.69 Å². The molecule has 0 saturated heterocycles. The molecular weight excluding hydrogens is 258 g/mol. The van der Waals surface area contributed by atoms with Crippen LogP contribution in [-0.2, 0) is 20.9 Å². The van der Waals surface area contributed by atoms with Gasteiger partial charge in [0, 0.05) is 18.8 Å². The fraction of sp³-hybridized carbons (Fsp3) is 0.429. The van der Waals surface area contributed by atoms with E-state index in [0.717, 1.165) is 11.3 Å². The van der Waals surface area contributed by atoms with Crippen LogP contribution in [0.5, 0.6) is 0 Å². The number of nitrogens with zero attached hydrogens (tertiary/aromatic N) is 1. The normalized spacial score (nSPS) is 10.4. The summed E-state index contributed by atoms with van der Waals surface area (Å²) in [5.41, 5.74) is 7.23. The Hall–Kier alpha value is -1.92. The topological polar surface area (TPSA) is 84.7 Å². The molecule has 0 spiro atoms. The molecule has 1 aromatic carbocycles. The van der Waals surface area contributed by atoms with Crippen LogP contribution in [0.3, 0.4) is 0 Å². The molecule has 6 heteroatoms. The summed E-state index contributed by atoms with van der Waals surface area (Å²) in [7, 11) is 3.12. The van der Waals surface area contributed by atoms with Crippen LogP contribution in [0.2, 0.25) is 0 Å². The van der Waals surface area contributed by atoms with Crippen LogP contribution < -0.4 is 11.1 Å². The molecule has 0 unspecified atom stereocenters. The second-order valence-corrected chi connectivity index (χ2v) is 4.52. The number of benzene rings is 1. The quantitative estimate of drug-likeness (QED) is 0.713. The number of ether oxygens (including phenoxy) is 1. The maximum Gasteiger partial charge on any atom is 0.306 e. The maximum absolute atomic E-state index is 11.8. The van der Waals surface area contributed by atoms with Gasteiger partial charge in [-0.25, -0.2) is 0 Å². The first kappa shape index (κ1) is 16.1. The third kappa shape index (κ3) is 5.81. The summed E-state index contributed by atoms with van der Waals surface area (Å²) in [6.07, 6.45) is 0.267. The van der Waals surface area contributed by atoms with Gasteiger partial charge in [0.25, 0.3) is 0 Å². The highest BCUT2D eigenvalue weighted by molar-refractivity contribution is 5.92. The first-order valence-electron chi connectivity index (χ1n) is 6.39. The van der Waals surface area contributed by atoms with E-state index in [0.29, 0.717) is 13.1 Å². The zero-order chi connectivity index (χ0) is 15.0. The Bertz CT molecular complexity index is 463. The minimum absolute atomic E-state index is 0.133. The molecule has 0 aromatic heterocycles. The summed E-state index contributed by atoms with van der Waals surface area (Å²) < 4.78 is 4.55. The van der Waals surface area contributed by atoms with Gasteiger partial charge in [0.15, 0.2) is 0 Å². The first-order chi connectivity index (χ1) is 9.55. The number of hydrogen-bond acceptors (Lipinski definition) is 5. The van der Waals surface area contributed by atoms with Gasteiger partial charge >= 0.3 is 5.97 Å². The second-order valence-electron chi connectivity index (χ2n) is 4.52. The molecule has 0 bridgehead atoms. The molecular formula is C14H21N3O3. The Labute approximate surface area is 118 Å². The van der Waals surface area contributed by atoms with Gasteiger partial charge in [0.2, 0.25) is 5.91 Å². The zero-order valence-corrected chi connectivity index (χ0v) is 11.9. The van der Waals surface area contributed by atoms with E-state index < -0.39 is 0 Å². The fourth-order valence-electron chi connectivity index (χ4n) is 1.68. The Balaban J connectivity index is 2.40. The van der Waals surface area contributed by atoms with Gasteiger partial charge in [-0.1, -0.05) is 12.1 Å². The van der Waals surface area contributed by atoms with Gasteiger partial charge < -0.3 is 15.8 Å². The molecule has 0 saturated carbocycles. The molecule has 0 atom stereocenters. The maximum atomic E-state index is 11.8. The number of anilines is 1.